The molecule has 0 fully saturated rings. The first-order valence-electron chi connectivity index (χ1n) is 2.87. The molecule has 2 N–H and O–H groups in total. The van der Waals surface area contributed by atoms with Gasteiger partial charge in [0, 0.05) is 0 Å². The van der Waals surface area contributed by atoms with E-state index in [1.807, 2.05) is 0 Å². The zero-order valence-electron chi connectivity index (χ0n) is 5.50. The molecule has 0 spiro atoms. The smallest absolute Gasteiger partial charge is 0.124 e. The highest BCUT2D eigenvalue weighted by atomic mass is 19.1. The number of nitrogens with one attached hydrogen (secondary N) is 1. The molecule has 11 heavy (non-hydrogen) atoms. The number of benzene rings is 1. The predicted octanol–water partition coefficient (Wildman–Crippen LogP) is 1.50. The maximum atomic E-state index is 12.4. The van der Waals surface area contributed by atoms with Crippen molar-refractivity contribution in [2.75, 3.05) is 5.48 Å². The first-order chi connectivity index (χ1) is 5.27. The minimum absolute atomic E-state index is 0.0764. The van der Waals surface area contributed by atoms with E-state index in [1.54, 1.807) is 11.5 Å². The molecule has 0 saturated heterocycles. The quantitative estimate of drug-likeness (QED) is 0.599. The number of hydrogen-bond acceptors (Lipinski definition) is 3. The summed E-state index contributed by atoms with van der Waals surface area (Å²) in [5.41, 5.74) is 2.06. The average Bonchev–Trinajstić information content (AvgIpc) is 2.04. The molecule has 4 heteroatoms. The largest absolute Gasteiger partial charge is 0.291 e. The second-order valence-corrected chi connectivity index (χ2v) is 1.91. The zero-order valence-corrected chi connectivity index (χ0v) is 5.50. The maximum Gasteiger partial charge on any atom is 0.124 e. The van der Waals surface area contributed by atoms with Crippen molar-refractivity contribution in [2.45, 2.75) is 0 Å². The molecular weight excluding hydrogens is 147 g/mol. The topological polar surface area (TPSA) is 56.0 Å². The van der Waals surface area contributed by atoms with Crippen LogP contribution in [0, 0.1) is 17.1 Å². The highest BCUT2D eigenvalue weighted by molar-refractivity contribution is 5.55. The van der Waals surface area contributed by atoms with Gasteiger partial charge in [0.15, 0.2) is 0 Å². The molecule has 56 valence electrons. The fourth-order valence-corrected chi connectivity index (χ4v) is 0.706. The summed E-state index contributed by atoms with van der Waals surface area (Å²) >= 11 is 0. The van der Waals surface area contributed by atoms with Crippen molar-refractivity contribution in [1.82, 2.24) is 0 Å². The molecule has 0 aliphatic carbocycles. The molecule has 0 radical (unpaired) electrons. The van der Waals surface area contributed by atoms with E-state index in [0.717, 1.165) is 12.1 Å². The summed E-state index contributed by atoms with van der Waals surface area (Å²) in [6, 6.07) is 5.20. The molecule has 1 aromatic carbocycles. The Morgan fingerprint density at radius 3 is 2.82 bits per heavy atom. The van der Waals surface area contributed by atoms with Gasteiger partial charge in [0.2, 0.25) is 0 Å². The Hall–Kier alpha value is -1.60. The number of nitrogens with zero attached hydrogens (tertiary/aromatic N) is 1. The summed E-state index contributed by atoms with van der Waals surface area (Å²) in [5, 5.41) is 16.8. The van der Waals surface area contributed by atoms with Crippen LogP contribution in [-0.4, -0.2) is 5.21 Å². The molecular formula is C7H5FN2O. The molecule has 0 amide bonds. The summed E-state index contributed by atoms with van der Waals surface area (Å²) in [6.07, 6.45) is 0. The Balaban J connectivity index is 3.19. The van der Waals surface area contributed by atoms with Crippen molar-refractivity contribution in [2.24, 2.45) is 0 Å². The van der Waals surface area contributed by atoms with Crippen molar-refractivity contribution >= 4 is 5.69 Å². The van der Waals surface area contributed by atoms with Crippen LogP contribution in [0.2, 0.25) is 0 Å². The average molecular weight is 152 g/mol. The van der Waals surface area contributed by atoms with Gasteiger partial charge in [-0.3, -0.25) is 10.7 Å². The molecule has 0 aromatic heterocycles. The number of rotatable bonds is 1. The van der Waals surface area contributed by atoms with Gasteiger partial charge >= 0.3 is 0 Å². The van der Waals surface area contributed by atoms with Crippen LogP contribution in [0.3, 0.4) is 0 Å². The lowest BCUT2D eigenvalue weighted by molar-refractivity contribution is 0.388. The Kier molecular flexibility index (Phi) is 2.04. The van der Waals surface area contributed by atoms with E-state index >= 15 is 0 Å². The van der Waals surface area contributed by atoms with E-state index in [4.69, 9.17) is 10.5 Å². The maximum absolute atomic E-state index is 12.4. The van der Waals surface area contributed by atoms with Crippen LogP contribution in [0.4, 0.5) is 10.1 Å². The fourth-order valence-electron chi connectivity index (χ4n) is 0.706. The summed E-state index contributed by atoms with van der Waals surface area (Å²) in [4.78, 5) is 0. The fraction of sp³-hybridized carbons (Fsp3) is 0. The van der Waals surface area contributed by atoms with E-state index in [2.05, 4.69) is 0 Å². The van der Waals surface area contributed by atoms with Crippen molar-refractivity contribution in [3.05, 3.63) is 29.6 Å². The standard InChI is InChI=1S/C7H5FN2O/c8-6-1-2-7(10-11)5(3-6)4-9/h1-3,10-11H. The normalized spacial score (nSPS) is 8.82. The Morgan fingerprint density at radius 1 is 1.55 bits per heavy atom. The van der Waals surface area contributed by atoms with Crippen LogP contribution in [0.1, 0.15) is 5.56 Å². The molecule has 3 nitrogen and oxygen atoms in total. The van der Waals surface area contributed by atoms with Crippen LogP contribution in [0.15, 0.2) is 18.2 Å². The molecule has 1 aromatic rings. The monoisotopic (exact) mass is 152 g/mol. The minimum Gasteiger partial charge on any atom is -0.291 e. The molecule has 1 rings (SSSR count). The first kappa shape index (κ1) is 7.51. The SMILES string of the molecule is N#Cc1cc(F)ccc1NO. The van der Waals surface area contributed by atoms with Crippen molar-refractivity contribution in [1.29, 1.82) is 5.26 Å². The Labute approximate surface area is 62.7 Å². The van der Waals surface area contributed by atoms with E-state index in [-0.39, 0.29) is 11.3 Å². The van der Waals surface area contributed by atoms with Gasteiger partial charge < -0.3 is 0 Å². The van der Waals surface area contributed by atoms with Gasteiger partial charge in [-0.25, -0.2) is 4.39 Å². The predicted molar refractivity (Wildman–Crippen MR) is 36.5 cm³/mol. The summed E-state index contributed by atoms with van der Waals surface area (Å²) < 4.78 is 12.4. The third kappa shape index (κ3) is 1.45. The number of anilines is 1. The van der Waals surface area contributed by atoms with Crippen molar-refractivity contribution in [3.8, 4) is 6.07 Å². The lowest BCUT2D eigenvalue weighted by Gasteiger charge is -1.99. The molecule has 0 aliphatic heterocycles. The summed E-state index contributed by atoms with van der Waals surface area (Å²) in [6.45, 7) is 0. The molecule has 0 unspecified atom stereocenters. The van der Waals surface area contributed by atoms with Gasteiger partial charge in [0.1, 0.15) is 11.9 Å². The minimum atomic E-state index is -0.499. The molecule has 0 aliphatic rings. The Morgan fingerprint density at radius 2 is 2.27 bits per heavy atom. The second kappa shape index (κ2) is 2.99. The lowest BCUT2D eigenvalue weighted by atomic mass is 10.2. The third-order valence-corrected chi connectivity index (χ3v) is 1.22. The number of halogens is 1. The molecule has 0 bridgehead atoms. The van der Waals surface area contributed by atoms with Gasteiger partial charge in [-0.1, -0.05) is 0 Å². The van der Waals surface area contributed by atoms with Gasteiger partial charge in [-0.2, -0.15) is 5.26 Å². The lowest BCUT2D eigenvalue weighted by Crippen LogP contribution is -1.93. The number of nitriles is 1. The molecule has 0 saturated carbocycles. The summed E-state index contributed by atoms with van der Waals surface area (Å²) in [7, 11) is 0. The van der Waals surface area contributed by atoms with E-state index in [9.17, 15) is 4.39 Å². The van der Waals surface area contributed by atoms with Crippen molar-refractivity contribution in [3.63, 3.8) is 0 Å². The van der Waals surface area contributed by atoms with Gasteiger partial charge in [-0.15, -0.1) is 0 Å². The van der Waals surface area contributed by atoms with Crippen LogP contribution in [0.5, 0.6) is 0 Å². The number of hydrogen-bond donors (Lipinski definition) is 2. The van der Waals surface area contributed by atoms with Crippen LogP contribution in [0.25, 0.3) is 0 Å². The van der Waals surface area contributed by atoms with Crippen LogP contribution in [-0.2, 0) is 0 Å². The van der Waals surface area contributed by atoms with E-state index in [1.165, 1.54) is 6.07 Å². The highest BCUT2D eigenvalue weighted by Crippen LogP contribution is 2.14. The molecule has 0 heterocycles. The van der Waals surface area contributed by atoms with Gasteiger partial charge in [-0.05, 0) is 18.2 Å². The van der Waals surface area contributed by atoms with Gasteiger partial charge in [0.05, 0.1) is 11.3 Å². The Bertz CT molecular complexity index is 306. The highest BCUT2D eigenvalue weighted by Gasteiger charge is 2.00. The van der Waals surface area contributed by atoms with E-state index in [0.29, 0.717) is 0 Å². The van der Waals surface area contributed by atoms with E-state index < -0.39 is 5.82 Å². The van der Waals surface area contributed by atoms with Crippen LogP contribution >= 0.6 is 0 Å². The molecule has 0 atom stereocenters. The van der Waals surface area contributed by atoms with Gasteiger partial charge in [0.25, 0.3) is 0 Å². The second-order valence-electron chi connectivity index (χ2n) is 1.91. The van der Waals surface area contributed by atoms with Crippen molar-refractivity contribution < 1.29 is 9.60 Å². The summed E-state index contributed by atoms with van der Waals surface area (Å²) in [5.74, 6) is -0.499. The zero-order chi connectivity index (χ0) is 8.27. The first-order valence-corrected chi connectivity index (χ1v) is 2.87. The third-order valence-electron chi connectivity index (χ3n) is 1.22. The van der Waals surface area contributed by atoms with Crippen LogP contribution < -0.4 is 5.48 Å².